The van der Waals surface area contributed by atoms with Gasteiger partial charge < -0.3 is 10.3 Å². The summed E-state index contributed by atoms with van der Waals surface area (Å²) in [4.78, 5) is -0.729. The van der Waals surface area contributed by atoms with Crippen LogP contribution in [0.15, 0.2) is 27.6 Å². The van der Waals surface area contributed by atoms with Gasteiger partial charge in [-0.05, 0) is 13.0 Å². The highest BCUT2D eigenvalue weighted by Gasteiger charge is 2.21. The van der Waals surface area contributed by atoms with Gasteiger partial charge >= 0.3 is 0 Å². The van der Waals surface area contributed by atoms with Crippen LogP contribution in [-0.2, 0) is 16.6 Å². The number of nitrogens with two attached hydrogens (primary N) is 1. The number of nitrogens with zero attached hydrogens (tertiary/aromatic N) is 1. The molecule has 1 heterocycles. The summed E-state index contributed by atoms with van der Waals surface area (Å²) in [6, 6.07) is 2.67. The third-order valence-corrected chi connectivity index (χ3v) is 3.87. The van der Waals surface area contributed by atoms with Crippen LogP contribution in [-0.4, -0.2) is 13.6 Å². The molecule has 0 aliphatic rings. The quantitative estimate of drug-likeness (QED) is 0.830. The molecule has 0 bridgehead atoms. The van der Waals surface area contributed by atoms with Gasteiger partial charge in [-0.1, -0.05) is 5.16 Å². The molecule has 6 nitrogen and oxygen atoms in total. The Kier molecular flexibility index (Phi) is 3.73. The summed E-state index contributed by atoms with van der Waals surface area (Å²) in [5.41, 5.74) is 5.36. The molecule has 9 heteroatoms. The number of hydrogen-bond donors (Lipinski definition) is 2. The van der Waals surface area contributed by atoms with Crippen molar-refractivity contribution in [1.29, 1.82) is 0 Å². The van der Waals surface area contributed by atoms with E-state index in [1.165, 1.54) is 6.07 Å². The average Bonchev–Trinajstić information content (AvgIpc) is 2.77. The maximum Gasteiger partial charge on any atom is 0.243 e. The van der Waals surface area contributed by atoms with E-state index in [9.17, 15) is 17.2 Å². The minimum absolute atomic E-state index is 0.208. The van der Waals surface area contributed by atoms with Gasteiger partial charge in [0.05, 0.1) is 17.9 Å². The summed E-state index contributed by atoms with van der Waals surface area (Å²) in [5, 5.41) is 3.58. The van der Waals surface area contributed by atoms with Crippen molar-refractivity contribution in [2.24, 2.45) is 0 Å². The molecule has 1 aromatic carbocycles. The molecule has 108 valence electrons. The molecule has 0 aliphatic heterocycles. The van der Waals surface area contributed by atoms with Crippen molar-refractivity contribution in [3.05, 3.63) is 41.3 Å². The predicted molar refractivity (Wildman–Crippen MR) is 66.0 cm³/mol. The van der Waals surface area contributed by atoms with Crippen LogP contribution in [0.4, 0.5) is 14.5 Å². The van der Waals surface area contributed by atoms with Gasteiger partial charge in [-0.25, -0.2) is 21.9 Å². The summed E-state index contributed by atoms with van der Waals surface area (Å²) < 4.78 is 57.2. The first-order valence-electron chi connectivity index (χ1n) is 5.46. The highest BCUT2D eigenvalue weighted by atomic mass is 32.2. The fraction of sp³-hybridized carbons (Fsp3) is 0.182. The minimum atomic E-state index is -4.18. The summed E-state index contributed by atoms with van der Waals surface area (Å²) in [5.74, 6) is -1.98. The molecule has 3 N–H and O–H groups in total. The largest absolute Gasteiger partial charge is 0.396 e. The van der Waals surface area contributed by atoms with E-state index in [0.29, 0.717) is 11.8 Å². The molecular formula is C11H11F2N3O3S. The monoisotopic (exact) mass is 303 g/mol. The van der Waals surface area contributed by atoms with E-state index in [0.717, 1.165) is 6.07 Å². The molecule has 0 spiro atoms. The molecule has 0 aliphatic carbocycles. The van der Waals surface area contributed by atoms with Crippen molar-refractivity contribution in [3.63, 3.8) is 0 Å². The molecule has 2 aromatic rings. The summed E-state index contributed by atoms with van der Waals surface area (Å²) >= 11 is 0. The second kappa shape index (κ2) is 5.17. The van der Waals surface area contributed by atoms with Gasteiger partial charge in [-0.2, -0.15) is 0 Å². The predicted octanol–water partition coefficient (Wildman–Crippen LogP) is 1.32. The lowest BCUT2D eigenvalue weighted by Crippen LogP contribution is -2.24. The van der Waals surface area contributed by atoms with Crippen LogP contribution in [0.3, 0.4) is 0 Å². The third kappa shape index (κ3) is 2.94. The molecule has 0 radical (unpaired) electrons. The van der Waals surface area contributed by atoms with E-state index in [1.807, 2.05) is 0 Å². The maximum atomic E-state index is 13.5. The van der Waals surface area contributed by atoms with Gasteiger partial charge in [0.2, 0.25) is 10.0 Å². The van der Waals surface area contributed by atoms with Crippen molar-refractivity contribution in [2.75, 3.05) is 5.73 Å². The van der Waals surface area contributed by atoms with Crippen LogP contribution in [0, 0.1) is 18.6 Å². The number of hydrogen-bond acceptors (Lipinski definition) is 5. The molecule has 0 saturated carbocycles. The molecule has 0 atom stereocenters. The number of benzene rings is 1. The first-order chi connectivity index (χ1) is 9.29. The number of halogens is 2. The summed E-state index contributed by atoms with van der Waals surface area (Å²) in [6.45, 7) is 1.46. The van der Waals surface area contributed by atoms with Crippen LogP contribution in [0.25, 0.3) is 0 Å². The Morgan fingerprint density at radius 3 is 2.60 bits per heavy atom. The SMILES string of the molecule is Cc1cc(CNS(=O)(=O)c2cc(N)c(F)cc2F)on1. The van der Waals surface area contributed by atoms with Gasteiger partial charge in [-0.15, -0.1) is 0 Å². The van der Waals surface area contributed by atoms with Crippen LogP contribution < -0.4 is 10.5 Å². The van der Waals surface area contributed by atoms with Crippen molar-refractivity contribution in [2.45, 2.75) is 18.4 Å². The zero-order valence-corrected chi connectivity index (χ0v) is 11.2. The lowest BCUT2D eigenvalue weighted by atomic mass is 10.3. The zero-order chi connectivity index (χ0) is 14.9. The highest BCUT2D eigenvalue weighted by Crippen LogP contribution is 2.21. The van der Waals surface area contributed by atoms with Crippen molar-refractivity contribution >= 4 is 15.7 Å². The Balaban J connectivity index is 2.24. The lowest BCUT2D eigenvalue weighted by molar-refractivity contribution is 0.376. The number of aromatic nitrogens is 1. The third-order valence-electron chi connectivity index (χ3n) is 2.45. The molecule has 1 aromatic heterocycles. The maximum absolute atomic E-state index is 13.5. The number of nitrogens with one attached hydrogen (secondary N) is 1. The number of sulfonamides is 1. The van der Waals surface area contributed by atoms with Crippen LogP contribution >= 0.6 is 0 Å². The first-order valence-corrected chi connectivity index (χ1v) is 6.94. The molecule has 20 heavy (non-hydrogen) atoms. The fourth-order valence-electron chi connectivity index (χ4n) is 1.49. The number of rotatable bonds is 4. The average molecular weight is 303 g/mol. The molecule has 2 rings (SSSR count). The molecule has 0 unspecified atom stereocenters. The molecule has 0 saturated heterocycles. The van der Waals surface area contributed by atoms with E-state index < -0.39 is 32.2 Å². The number of aryl methyl sites for hydroxylation is 1. The Morgan fingerprint density at radius 1 is 1.30 bits per heavy atom. The minimum Gasteiger partial charge on any atom is -0.396 e. The van der Waals surface area contributed by atoms with Crippen molar-refractivity contribution in [3.8, 4) is 0 Å². The van der Waals surface area contributed by atoms with E-state index in [-0.39, 0.29) is 12.3 Å². The topological polar surface area (TPSA) is 98.2 Å². The van der Waals surface area contributed by atoms with Crippen LogP contribution in [0.2, 0.25) is 0 Å². The van der Waals surface area contributed by atoms with Crippen LogP contribution in [0.1, 0.15) is 11.5 Å². The second-order valence-corrected chi connectivity index (χ2v) is 5.80. The number of nitrogen functional groups attached to an aromatic ring is 1. The Bertz CT molecular complexity index is 743. The molecular weight excluding hydrogens is 292 g/mol. The second-order valence-electron chi connectivity index (χ2n) is 4.06. The van der Waals surface area contributed by atoms with E-state index in [4.69, 9.17) is 10.3 Å². The molecule has 0 amide bonds. The van der Waals surface area contributed by atoms with Crippen molar-refractivity contribution in [1.82, 2.24) is 9.88 Å². The normalized spacial score (nSPS) is 11.8. The lowest BCUT2D eigenvalue weighted by Gasteiger charge is -2.07. The van der Waals surface area contributed by atoms with E-state index >= 15 is 0 Å². The van der Waals surface area contributed by atoms with E-state index in [2.05, 4.69) is 9.88 Å². The van der Waals surface area contributed by atoms with Gasteiger partial charge in [0.15, 0.2) is 5.76 Å². The van der Waals surface area contributed by atoms with E-state index in [1.54, 1.807) is 6.92 Å². The van der Waals surface area contributed by atoms with Gasteiger partial charge in [0.25, 0.3) is 0 Å². The number of anilines is 1. The first kappa shape index (κ1) is 14.4. The Hall–Kier alpha value is -2.00. The summed E-state index contributed by atoms with van der Waals surface area (Å²) in [7, 11) is -4.18. The van der Waals surface area contributed by atoms with Gasteiger partial charge in [-0.3, -0.25) is 0 Å². The van der Waals surface area contributed by atoms with Gasteiger partial charge in [0, 0.05) is 12.1 Å². The fourth-order valence-corrected chi connectivity index (χ4v) is 2.58. The van der Waals surface area contributed by atoms with Crippen LogP contribution in [0.5, 0.6) is 0 Å². The smallest absolute Gasteiger partial charge is 0.243 e. The van der Waals surface area contributed by atoms with Gasteiger partial charge in [0.1, 0.15) is 16.5 Å². The Labute approximate surface area is 113 Å². The molecule has 0 fully saturated rings. The highest BCUT2D eigenvalue weighted by molar-refractivity contribution is 7.89. The standard InChI is InChI=1S/C11H11F2N3O3S/c1-6-2-7(19-16-6)5-15-20(17,18)11-4-10(14)8(12)3-9(11)13/h2-4,15H,5,14H2,1H3. The zero-order valence-electron chi connectivity index (χ0n) is 10.4. The Morgan fingerprint density at radius 2 is 2.00 bits per heavy atom. The van der Waals surface area contributed by atoms with Crippen molar-refractivity contribution < 1.29 is 21.7 Å². The summed E-state index contributed by atoms with van der Waals surface area (Å²) in [6.07, 6.45) is 0.